The van der Waals surface area contributed by atoms with Crippen LogP contribution in [0.4, 0.5) is 0 Å². The normalized spacial score (nSPS) is 15.8. The smallest absolute Gasteiger partial charge is 0.338 e. The van der Waals surface area contributed by atoms with Gasteiger partial charge in [0.2, 0.25) is 0 Å². The second-order valence-electron chi connectivity index (χ2n) is 7.05. The Kier molecular flexibility index (Phi) is 6.57. The zero-order chi connectivity index (χ0) is 23.7. The van der Waals surface area contributed by atoms with Crippen molar-refractivity contribution in [1.82, 2.24) is 4.57 Å². The minimum atomic E-state index is -0.809. The first-order valence-electron chi connectivity index (χ1n) is 10.0. The molecule has 0 amide bonds. The Labute approximate surface area is 201 Å². The summed E-state index contributed by atoms with van der Waals surface area (Å²) in [6.45, 7) is 3.65. The monoisotopic (exact) mass is 532 g/mol. The molecule has 0 aliphatic carbocycles. The summed E-state index contributed by atoms with van der Waals surface area (Å²) in [5, 5.41) is 0. The minimum absolute atomic E-state index is 0.190. The molecule has 0 saturated carbocycles. The van der Waals surface area contributed by atoms with Crippen LogP contribution in [0.2, 0.25) is 0 Å². The number of methoxy groups -OCH3 is 2. The molecule has 3 heterocycles. The van der Waals surface area contributed by atoms with E-state index in [-0.39, 0.29) is 17.7 Å². The van der Waals surface area contributed by atoms with Gasteiger partial charge in [-0.3, -0.25) is 9.36 Å². The lowest BCUT2D eigenvalue weighted by Gasteiger charge is -2.26. The van der Waals surface area contributed by atoms with E-state index < -0.39 is 12.0 Å². The molecule has 0 saturated heterocycles. The van der Waals surface area contributed by atoms with Crippen molar-refractivity contribution in [1.29, 1.82) is 0 Å². The van der Waals surface area contributed by atoms with Crippen LogP contribution in [0.15, 0.2) is 60.5 Å². The third kappa shape index (κ3) is 4.28. The van der Waals surface area contributed by atoms with Gasteiger partial charge in [-0.05, 0) is 60.1 Å². The van der Waals surface area contributed by atoms with E-state index >= 15 is 0 Å². The van der Waals surface area contributed by atoms with Gasteiger partial charge in [0.25, 0.3) is 5.56 Å². The topological polar surface area (TPSA) is 92.3 Å². The molecule has 1 aliphatic rings. The van der Waals surface area contributed by atoms with Crippen molar-refractivity contribution in [3.05, 3.63) is 77.3 Å². The minimum Gasteiger partial charge on any atom is -0.497 e. The largest absolute Gasteiger partial charge is 0.497 e. The number of furan rings is 1. The van der Waals surface area contributed by atoms with Gasteiger partial charge in [-0.15, -0.1) is 0 Å². The highest BCUT2D eigenvalue weighted by Gasteiger charge is 2.35. The fourth-order valence-corrected chi connectivity index (χ4v) is 5.02. The number of carbonyl (C=O) groups is 1. The third-order valence-electron chi connectivity index (χ3n) is 5.12. The predicted molar refractivity (Wildman–Crippen MR) is 126 cm³/mol. The van der Waals surface area contributed by atoms with E-state index in [4.69, 9.17) is 18.6 Å². The van der Waals surface area contributed by atoms with Crippen LogP contribution in [0.5, 0.6) is 11.5 Å². The number of rotatable bonds is 6. The van der Waals surface area contributed by atoms with E-state index in [2.05, 4.69) is 20.9 Å². The second kappa shape index (κ2) is 9.40. The summed E-state index contributed by atoms with van der Waals surface area (Å²) in [6, 6.07) is 7.93. The Bertz CT molecular complexity index is 1430. The number of hydrogen-bond donors (Lipinski definition) is 0. The van der Waals surface area contributed by atoms with Crippen molar-refractivity contribution in [2.75, 3.05) is 20.8 Å². The lowest BCUT2D eigenvalue weighted by molar-refractivity contribution is -0.139. The van der Waals surface area contributed by atoms with E-state index in [1.807, 2.05) is 0 Å². The van der Waals surface area contributed by atoms with Crippen LogP contribution >= 0.6 is 27.3 Å². The van der Waals surface area contributed by atoms with E-state index in [1.54, 1.807) is 57.4 Å². The van der Waals surface area contributed by atoms with Gasteiger partial charge >= 0.3 is 5.97 Å². The number of fused-ring (bicyclic) bond motifs is 1. The van der Waals surface area contributed by atoms with Gasteiger partial charge in [-0.2, -0.15) is 0 Å². The van der Waals surface area contributed by atoms with Gasteiger partial charge in [0, 0.05) is 11.6 Å². The molecule has 0 radical (unpaired) electrons. The van der Waals surface area contributed by atoms with Crippen LogP contribution in [0.1, 0.15) is 31.2 Å². The average Bonchev–Trinajstić information content (AvgIpc) is 3.34. The summed E-state index contributed by atoms with van der Waals surface area (Å²) in [6.07, 6.45) is 1.65. The number of thiazole rings is 1. The molecule has 8 nitrogen and oxygen atoms in total. The van der Waals surface area contributed by atoms with E-state index in [0.29, 0.717) is 42.5 Å². The summed E-state index contributed by atoms with van der Waals surface area (Å²) < 4.78 is 24.3. The number of hydrogen-bond acceptors (Lipinski definition) is 8. The summed E-state index contributed by atoms with van der Waals surface area (Å²) in [5.41, 5.74) is 1.01. The van der Waals surface area contributed by atoms with Gasteiger partial charge in [0.1, 0.15) is 23.3 Å². The van der Waals surface area contributed by atoms with Crippen molar-refractivity contribution in [3.8, 4) is 11.5 Å². The fourth-order valence-electron chi connectivity index (χ4n) is 3.67. The molecule has 172 valence electrons. The molecular weight excluding hydrogens is 512 g/mol. The van der Waals surface area contributed by atoms with Crippen molar-refractivity contribution >= 4 is 39.3 Å². The van der Waals surface area contributed by atoms with Gasteiger partial charge < -0.3 is 18.6 Å². The summed E-state index contributed by atoms with van der Waals surface area (Å²) in [7, 11) is 3.08. The summed E-state index contributed by atoms with van der Waals surface area (Å²) in [4.78, 5) is 31.6. The molecule has 0 N–H and O–H groups in total. The highest BCUT2D eigenvalue weighted by molar-refractivity contribution is 9.10. The molecule has 2 aromatic heterocycles. The Morgan fingerprint density at radius 1 is 1.27 bits per heavy atom. The molecule has 33 heavy (non-hydrogen) atoms. The maximum Gasteiger partial charge on any atom is 0.338 e. The Morgan fingerprint density at radius 3 is 2.70 bits per heavy atom. The number of halogens is 1. The zero-order valence-corrected chi connectivity index (χ0v) is 20.8. The Balaban J connectivity index is 2.02. The van der Waals surface area contributed by atoms with Crippen LogP contribution in [0, 0.1) is 0 Å². The number of aromatic nitrogens is 1. The van der Waals surface area contributed by atoms with Gasteiger partial charge in [0.15, 0.2) is 9.47 Å². The molecule has 1 aliphatic heterocycles. The standard InChI is InChI=1S/C23H21BrN2O6S/c1-5-31-22(28)19-12(2)25-23-26(20(19)15-10-13(29-3)6-8-16(15)30-4)21(27)17(33-23)11-14-7-9-18(24)32-14/h6-11,20H,5H2,1-4H3/b17-11+/t20-/m1/s1. The molecule has 3 aromatic rings. The Hall–Kier alpha value is -3.11. The first kappa shape index (κ1) is 23.1. The quantitative estimate of drug-likeness (QED) is 0.452. The average molecular weight is 533 g/mol. The predicted octanol–water partition coefficient (Wildman–Crippen LogP) is 3.17. The van der Waals surface area contributed by atoms with Crippen molar-refractivity contribution in [2.24, 2.45) is 4.99 Å². The summed E-state index contributed by atoms with van der Waals surface area (Å²) >= 11 is 4.48. The van der Waals surface area contributed by atoms with Crippen LogP contribution in [0.25, 0.3) is 6.08 Å². The number of carbonyl (C=O) groups excluding carboxylic acids is 1. The lowest BCUT2D eigenvalue weighted by Crippen LogP contribution is -2.40. The zero-order valence-electron chi connectivity index (χ0n) is 18.4. The van der Waals surface area contributed by atoms with Crippen molar-refractivity contribution in [2.45, 2.75) is 19.9 Å². The molecule has 0 spiro atoms. The molecule has 1 aromatic carbocycles. The van der Waals surface area contributed by atoms with Crippen molar-refractivity contribution in [3.63, 3.8) is 0 Å². The maximum atomic E-state index is 13.6. The van der Waals surface area contributed by atoms with Crippen LogP contribution in [-0.2, 0) is 9.53 Å². The summed E-state index contributed by atoms with van der Waals surface area (Å²) in [5.74, 6) is 1.04. The number of benzene rings is 1. The van der Waals surface area contributed by atoms with Crippen LogP contribution < -0.4 is 24.4 Å². The fraction of sp³-hybridized carbons (Fsp3) is 0.261. The van der Waals surface area contributed by atoms with E-state index in [0.717, 1.165) is 0 Å². The third-order valence-corrected chi connectivity index (χ3v) is 6.52. The molecule has 4 rings (SSSR count). The SMILES string of the molecule is CCOC(=O)C1=C(C)N=c2s/c(=C/c3ccc(Br)o3)c(=O)n2[C@@H]1c1cc(OC)ccc1OC. The van der Waals surface area contributed by atoms with E-state index in [1.165, 1.54) is 23.0 Å². The molecule has 0 fully saturated rings. The molecule has 0 bridgehead atoms. The lowest BCUT2D eigenvalue weighted by atomic mass is 9.95. The number of esters is 1. The van der Waals surface area contributed by atoms with Crippen molar-refractivity contribution < 1.29 is 23.4 Å². The van der Waals surface area contributed by atoms with E-state index in [9.17, 15) is 9.59 Å². The molecule has 0 unspecified atom stereocenters. The molecule has 1 atom stereocenters. The molecular formula is C23H21BrN2O6S. The number of allylic oxidation sites excluding steroid dienone is 1. The number of ether oxygens (including phenoxy) is 3. The maximum absolute atomic E-state index is 13.6. The van der Waals surface area contributed by atoms with Gasteiger partial charge in [0.05, 0.1) is 36.6 Å². The second-order valence-corrected chi connectivity index (χ2v) is 8.84. The van der Waals surface area contributed by atoms with Gasteiger partial charge in [-0.25, -0.2) is 9.79 Å². The van der Waals surface area contributed by atoms with Crippen LogP contribution in [-0.4, -0.2) is 31.4 Å². The highest BCUT2D eigenvalue weighted by atomic mass is 79.9. The van der Waals surface area contributed by atoms with Crippen LogP contribution in [0.3, 0.4) is 0 Å². The first-order valence-corrected chi connectivity index (χ1v) is 11.7. The Morgan fingerprint density at radius 2 is 2.06 bits per heavy atom. The first-order chi connectivity index (χ1) is 15.9. The highest BCUT2D eigenvalue weighted by Crippen LogP contribution is 2.37. The van der Waals surface area contributed by atoms with Gasteiger partial charge in [-0.1, -0.05) is 11.3 Å². The number of nitrogens with zero attached hydrogens (tertiary/aromatic N) is 2. The molecule has 10 heteroatoms.